The maximum atomic E-state index is 13.6. The number of aliphatic imine (C=N–C) groups is 1. The van der Waals surface area contributed by atoms with Crippen molar-refractivity contribution in [2.45, 2.75) is 26.3 Å². The highest BCUT2D eigenvalue weighted by molar-refractivity contribution is 7.90. The SMILES string of the molecule is CN=C(NCCCS(C)(=O)=O)NC(C)c1ccc(C)c(F)c1. The van der Waals surface area contributed by atoms with E-state index in [0.717, 1.165) is 5.56 Å². The first-order valence-corrected chi connectivity index (χ1v) is 9.20. The molecule has 5 nitrogen and oxygen atoms in total. The second-order valence-corrected chi connectivity index (χ2v) is 7.62. The average Bonchev–Trinajstić information content (AvgIpc) is 2.43. The van der Waals surface area contributed by atoms with Gasteiger partial charge in [0.2, 0.25) is 0 Å². The van der Waals surface area contributed by atoms with E-state index in [2.05, 4.69) is 15.6 Å². The first-order valence-electron chi connectivity index (χ1n) is 7.14. The number of nitrogens with zero attached hydrogens (tertiary/aromatic N) is 1. The summed E-state index contributed by atoms with van der Waals surface area (Å²) in [6.07, 6.45) is 1.72. The van der Waals surface area contributed by atoms with Crippen molar-refractivity contribution >= 4 is 15.8 Å². The van der Waals surface area contributed by atoms with Crippen LogP contribution in [0.15, 0.2) is 23.2 Å². The molecular weight excluding hydrogens is 305 g/mol. The molecule has 0 aromatic heterocycles. The molecule has 22 heavy (non-hydrogen) atoms. The normalized spacial score (nSPS) is 13.8. The molecule has 1 aromatic carbocycles. The van der Waals surface area contributed by atoms with Gasteiger partial charge in [0, 0.05) is 19.8 Å². The summed E-state index contributed by atoms with van der Waals surface area (Å²) in [6, 6.07) is 5.00. The average molecular weight is 329 g/mol. The molecule has 0 fully saturated rings. The number of hydrogen-bond donors (Lipinski definition) is 2. The van der Waals surface area contributed by atoms with Gasteiger partial charge in [-0.2, -0.15) is 0 Å². The summed E-state index contributed by atoms with van der Waals surface area (Å²) in [5.74, 6) is 0.458. The maximum Gasteiger partial charge on any atom is 0.191 e. The van der Waals surface area contributed by atoms with Gasteiger partial charge in [-0.1, -0.05) is 12.1 Å². The number of aryl methyl sites for hydroxylation is 1. The largest absolute Gasteiger partial charge is 0.356 e. The van der Waals surface area contributed by atoms with Crippen molar-refractivity contribution in [3.63, 3.8) is 0 Å². The van der Waals surface area contributed by atoms with Gasteiger partial charge in [-0.3, -0.25) is 4.99 Å². The fraction of sp³-hybridized carbons (Fsp3) is 0.533. The Morgan fingerprint density at radius 3 is 2.64 bits per heavy atom. The first-order chi connectivity index (χ1) is 10.2. The minimum absolute atomic E-state index is 0.115. The Labute approximate surface area is 132 Å². The standard InChI is InChI=1S/C15H24FN3O2S/c1-11-6-7-13(10-14(11)16)12(2)19-15(17-3)18-8-5-9-22(4,20)21/h6-7,10,12H,5,8-9H2,1-4H3,(H2,17,18,19). The number of nitrogens with one attached hydrogen (secondary N) is 2. The van der Waals surface area contributed by atoms with Gasteiger partial charge in [0.05, 0.1) is 11.8 Å². The van der Waals surface area contributed by atoms with E-state index in [4.69, 9.17) is 0 Å². The number of halogens is 1. The zero-order valence-corrected chi connectivity index (χ0v) is 14.3. The van der Waals surface area contributed by atoms with Crippen molar-refractivity contribution in [1.29, 1.82) is 0 Å². The zero-order chi connectivity index (χ0) is 16.8. The number of benzene rings is 1. The molecule has 124 valence electrons. The van der Waals surface area contributed by atoms with Crippen LogP contribution < -0.4 is 10.6 Å². The Morgan fingerprint density at radius 2 is 2.09 bits per heavy atom. The molecule has 1 aromatic rings. The van der Waals surface area contributed by atoms with Crippen LogP contribution in [0.1, 0.15) is 30.5 Å². The van der Waals surface area contributed by atoms with Crippen LogP contribution in [0, 0.1) is 12.7 Å². The van der Waals surface area contributed by atoms with Crippen LogP contribution in [-0.2, 0) is 9.84 Å². The van der Waals surface area contributed by atoms with Crippen LogP contribution in [0.4, 0.5) is 4.39 Å². The second-order valence-electron chi connectivity index (χ2n) is 5.36. The highest BCUT2D eigenvalue weighted by Crippen LogP contribution is 2.16. The summed E-state index contributed by atoms with van der Waals surface area (Å²) in [4.78, 5) is 4.08. The molecule has 0 amide bonds. The van der Waals surface area contributed by atoms with Gasteiger partial charge >= 0.3 is 0 Å². The minimum Gasteiger partial charge on any atom is -0.356 e. The Balaban J connectivity index is 2.53. The van der Waals surface area contributed by atoms with E-state index in [9.17, 15) is 12.8 Å². The summed E-state index contributed by atoms with van der Waals surface area (Å²) in [5, 5.41) is 6.20. The van der Waals surface area contributed by atoms with Gasteiger partial charge in [-0.25, -0.2) is 12.8 Å². The molecule has 1 rings (SSSR count). The van der Waals surface area contributed by atoms with Crippen molar-refractivity contribution in [2.75, 3.05) is 25.6 Å². The van der Waals surface area contributed by atoms with E-state index in [-0.39, 0.29) is 17.6 Å². The Morgan fingerprint density at radius 1 is 1.41 bits per heavy atom. The summed E-state index contributed by atoms with van der Waals surface area (Å²) in [7, 11) is -1.31. The Kier molecular flexibility index (Phi) is 6.80. The molecular formula is C15H24FN3O2S. The predicted molar refractivity (Wildman–Crippen MR) is 88.4 cm³/mol. The third-order valence-corrected chi connectivity index (χ3v) is 4.29. The molecule has 1 unspecified atom stereocenters. The van der Waals surface area contributed by atoms with E-state index in [0.29, 0.717) is 24.5 Å². The van der Waals surface area contributed by atoms with Gasteiger partial charge in [0.15, 0.2) is 5.96 Å². The molecule has 0 saturated carbocycles. The molecule has 0 saturated heterocycles. The summed E-state index contributed by atoms with van der Waals surface area (Å²) < 4.78 is 35.7. The predicted octanol–water partition coefficient (Wildman–Crippen LogP) is 1.79. The Hall–Kier alpha value is -1.63. The van der Waals surface area contributed by atoms with E-state index < -0.39 is 9.84 Å². The monoisotopic (exact) mass is 329 g/mol. The van der Waals surface area contributed by atoms with Crippen LogP contribution in [0.2, 0.25) is 0 Å². The lowest BCUT2D eigenvalue weighted by atomic mass is 10.1. The number of guanidine groups is 1. The molecule has 0 aliphatic heterocycles. The minimum atomic E-state index is -2.95. The number of hydrogen-bond acceptors (Lipinski definition) is 3. The summed E-state index contributed by atoms with van der Waals surface area (Å²) in [6.45, 7) is 4.13. The quantitative estimate of drug-likeness (QED) is 0.474. The van der Waals surface area contributed by atoms with Crippen LogP contribution in [0.25, 0.3) is 0 Å². The molecule has 1 atom stereocenters. The lowest BCUT2D eigenvalue weighted by molar-refractivity contribution is 0.597. The molecule has 0 radical (unpaired) electrons. The van der Waals surface area contributed by atoms with Crippen LogP contribution in [0.3, 0.4) is 0 Å². The molecule has 0 aliphatic rings. The van der Waals surface area contributed by atoms with Crippen molar-refractivity contribution in [2.24, 2.45) is 4.99 Å². The molecule has 0 spiro atoms. The van der Waals surface area contributed by atoms with Crippen molar-refractivity contribution < 1.29 is 12.8 Å². The van der Waals surface area contributed by atoms with Gasteiger partial charge in [-0.05, 0) is 37.5 Å². The van der Waals surface area contributed by atoms with Crippen molar-refractivity contribution in [3.8, 4) is 0 Å². The van der Waals surface area contributed by atoms with Gasteiger partial charge < -0.3 is 10.6 Å². The molecule has 0 heterocycles. The third kappa shape index (κ3) is 6.43. The van der Waals surface area contributed by atoms with Crippen LogP contribution in [-0.4, -0.2) is 40.0 Å². The Bertz CT molecular complexity index is 630. The highest BCUT2D eigenvalue weighted by Gasteiger charge is 2.10. The molecule has 7 heteroatoms. The topological polar surface area (TPSA) is 70.6 Å². The van der Waals surface area contributed by atoms with E-state index in [1.807, 2.05) is 13.0 Å². The fourth-order valence-corrected chi connectivity index (χ4v) is 2.57. The first kappa shape index (κ1) is 18.4. The zero-order valence-electron chi connectivity index (χ0n) is 13.5. The molecule has 0 bridgehead atoms. The van der Waals surface area contributed by atoms with Crippen molar-refractivity contribution in [3.05, 3.63) is 35.1 Å². The van der Waals surface area contributed by atoms with Gasteiger partial charge in [0.25, 0.3) is 0 Å². The maximum absolute atomic E-state index is 13.6. The lowest BCUT2D eigenvalue weighted by Crippen LogP contribution is -2.39. The molecule has 0 aliphatic carbocycles. The van der Waals surface area contributed by atoms with Gasteiger partial charge in [0.1, 0.15) is 15.7 Å². The number of sulfone groups is 1. The van der Waals surface area contributed by atoms with Crippen LogP contribution in [0.5, 0.6) is 0 Å². The van der Waals surface area contributed by atoms with E-state index in [1.54, 1.807) is 20.0 Å². The van der Waals surface area contributed by atoms with E-state index >= 15 is 0 Å². The second kappa shape index (κ2) is 8.12. The number of rotatable bonds is 6. The summed E-state index contributed by atoms with van der Waals surface area (Å²) in [5.41, 5.74) is 1.43. The fourth-order valence-electron chi connectivity index (χ4n) is 1.90. The molecule has 2 N–H and O–H groups in total. The highest BCUT2D eigenvalue weighted by atomic mass is 32.2. The summed E-state index contributed by atoms with van der Waals surface area (Å²) >= 11 is 0. The smallest absolute Gasteiger partial charge is 0.191 e. The van der Waals surface area contributed by atoms with E-state index in [1.165, 1.54) is 12.3 Å². The third-order valence-electron chi connectivity index (χ3n) is 3.26. The van der Waals surface area contributed by atoms with Crippen molar-refractivity contribution in [1.82, 2.24) is 10.6 Å². The lowest BCUT2D eigenvalue weighted by Gasteiger charge is -2.18. The van der Waals surface area contributed by atoms with Crippen LogP contribution >= 0.6 is 0 Å². The van der Waals surface area contributed by atoms with Gasteiger partial charge in [-0.15, -0.1) is 0 Å².